The molecule has 1 atom stereocenters. The number of likely N-dealkylation sites (N-methyl/N-ethyl adjacent to an activating group) is 1. The second-order valence-electron chi connectivity index (χ2n) is 5.40. The van der Waals surface area contributed by atoms with Crippen LogP contribution in [-0.2, 0) is 0 Å². The number of nitrogens with zero attached hydrogens (tertiary/aromatic N) is 4. The maximum atomic E-state index is 5.77. The second-order valence-corrected chi connectivity index (χ2v) is 6.43. The predicted octanol–water partition coefficient (Wildman–Crippen LogP) is 2.30. The van der Waals surface area contributed by atoms with Crippen molar-refractivity contribution >= 4 is 16.5 Å². The van der Waals surface area contributed by atoms with Gasteiger partial charge in [-0.1, -0.05) is 11.3 Å². The summed E-state index contributed by atoms with van der Waals surface area (Å²) in [5, 5.41) is 0.585. The number of thiazole rings is 1. The third kappa shape index (κ3) is 2.66. The van der Waals surface area contributed by atoms with E-state index in [1.165, 1.54) is 30.7 Å². The van der Waals surface area contributed by atoms with Gasteiger partial charge in [0.2, 0.25) is 0 Å². The number of hydrogen-bond acceptors (Lipinski definition) is 6. The summed E-state index contributed by atoms with van der Waals surface area (Å²) in [4.78, 5) is 16.8. The summed E-state index contributed by atoms with van der Waals surface area (Å²) in [6.45, 7) is 4.20. The Morgan fingerprint density at radius 2 is 2.20 bits per heavy atom. The van der Waals surface area contributed by atoms with Crippen molar-refractivity contribution in [1.29, 1.82) is 0 Å². The lowest BCUT2D eigenvalue weighted by molar-refractivity contribution is 0.248. The number of nitrogens with two attached hydrogens (primary N) is 1. The molecule has 20 heavy (non-hydrogen) atoms. The van der Waals surface area contributed by atoms with E-state index in [1.807, 2.05) is 13.1 Å². The highest BCUT2D eigenvalue weighted by Crippen LogP contribution is 2.31. The van der Waals surface area contributed by atoms with Crippen molar-refractivity contribution in [3.8, 4) is 10.6 Å². The zero-order valence-electron chi connectivity index (χ0n) is 11.8. The van der Waals surface area contributed by atoms with Crippen LogP contribution in [0.1, 0.15) is 30.1 Å². The van der Waals surface area contributed by atoms with E-state index in [1.54, 1.807) is 6.20 Å². The summed E-state index contributed by atoms with van der Waals surface area (Å²) < 4.78 is 0. The molecule has 1 aliphatic heterocycles. The van der Waals surface area contributed by atoms with E-state index in [4.69, 9.17) is 10.7 Å². The first-order valence-corrected chi connectivity index (χ1v) is 7.69. The molecule has 1 saturated heterocycles. The Hall–Kier alpha value is -1.53. The first kappa shape index (κ1) is 13.5. The maximum Gasteiger partial charge on any atom is 0.180 e. The third-order valence-corrected chi connectivity index (χ3v) is 4.75. The summed E-state index contributed by atoms with van der Waals surface area (Å²) in [5.41, 5.74) is 8.67. The summed E-state index contributed by atoms with van der Waals surface area (Å²) in [7, 11) is 2.16. The van der Waals surface area contributed by atoms with Gasteiger partial charge >= 0.3 is 0 Å². The predicted molar refractivity (Wildman–Crippen MR) is 81.8 cm³/mol. The van der Waals surface area contributed by atoms with Crippen LogP contribution in [0.4, 0.5) is 5.13 Å². The summed E-state index contributed by atoms with van der Waals surface area (Å²) in [5.74, 6) is 0.478. The molecule has 0 radical (unpaired) electrons. The Bertz CT molecular complexity index is 609. The average Bonchev–Trinajstić information content (AvgIpc) is 2.78. The number of aromatic nitrogens is 3. The van der Waals surface area contributed by atoms with Crippen LogP contribution in [0.5, 0.6) is 0 Å². The fourth-order valence-electron chi connectivity index (χ4n) is 2.75. The molecular formula is C14H19N5S. The van der Waals surface area contributed by atoms with Crippen LogP contribution in [0, 0.1) is 6.92 Å². The molecule has 0 saturated carbocycles. The molecular weight excluding hydrogens is 270 g/mol. The first-order valence-electron chi connectivity index (χ1n) is 6.87. The number of piperidine rings is 1. The molecule has 0 aromatic carbocycles. The van der Waals surface area contributed by atoms with E-state index in [9.17, 15) is 0 Å². The first-order chi connectivity index (χ1) is 9.63. The van der Waals surface area contributed by atoms with Gasteiger partial charge in [-0.15, -0.1) is 0 Å². The molecule has 6 heteroatoms. The van der Waals surface area contributed by atoms with Gasteiger partial charge in [0.25, 0.3) is 0 Å². The lowest BCUT2D eigenvalue weighted by Crippen LogP contribution is -2.31. The van der Waals surface area contributed by atoms with Crippen LogP contribution < -0.4 is 5.73 Å². The minimum atomic E-state index is 0.478. The Morgan fingerprint density at radius 3 is 2.90 bits per heavy atom. The largest absolute Gasteiger partial charge is 0.375 e. The monoisotopic (exact) mass is 289 g/mol. The number of anilines is 1. The van der Waals surface area contributed by atoms with Gasteiger partial charge in [0.15, 0.2) is 5.13 Å². The number of aryl methyl sites for hydroxylation is 1. The van der Waals surface area contributed by atoms with Crippen molar-refractivity contribution in [2.45, 2.75) is 25.7 Å². The Labute approximate surface area is 122 Å². The number of likely N-dealkylation sites (tertiary alicyclic amines) is 1. The van der Waals surface area contributed by atoms with E-state index in [0.29, 0.717) is 11.0 Å². The molecule has 3 rings (SSSR count). The van der Waals surface area contributed by atoms with Crippen LogP contribution in [0.3, 0.4) is 0 Å². The van der Waals surface area contributed by atoms with Crippen LogP contribution >= 0.6 is 11.3 Å². The smallest absolute Gasteiger partial charge is 0.180 e. The fourth-order valence-corrected chi connectivity index (χ4v) is 3.54. The standard InChI is InChI=1S/C14H19N5S/c1-9-13(20-14(15)17-9)12-7-16-6-11(18-12)10-4-3-5-19(2)8-10/h6-7,10H,3-5,8H2,1-2H3,(H2,15,17). The van der Waals surface area contributed by atoms with Gasteiger partial charge in [0, 0.05) is 18.7 Å². The summed E-state index contributed by atoms with van der Waals surface area (Å²) >= 11 is 1.48. The minimum absolute atomic E-state index is 0.478. The quantitative estimate of drug-likeness (QED) is 0.918. The van der Waals surface area contributed by atoms with Crippen molar-refractivity contribution in [3.63, 3.8) is 0 Å². The normalized spacial score (nSPS) is 20.2. The van der Waals surface area contributed by atoms with Crippen molar-refractivity contribution in [2.75, 3.05) is 25.9 Å². The molecule has 0 bridgehead atoms. The second kappa shape index (κ2) is 5.46. The molecule has 106 valence electrons. The van der Waals surface area contributed by atoms with Gasteiger partial charge in [0.1, 0.15) is 5.69 Å². The van der Waals surface area contributed by atoms with Crippen LogP contribution in [0.2, 0.25) is 0 Å². The molecule has 2 aromatic rings. The Kier molecular flexibility index (Phi) is 3.67. The molecule has 2 aromatic heterocycles. The number of nitrogen functional groups attached to an aromatic ring is 1. The maximum absolute atomic E-state index is 5.77. The molecule has 0 amide bonds. The SMILES string of the molecule is Cc1nc(N)sc1-c1cncc(C2CCCN(C)C2)n1. The van der Waals surface area contributed by atoms with Gasteiger partial charge in [0.05, 0.1) is 22.5 Å². The van der Waals surface area contributed by atoms with Gasteiger partial charge in [-0.3, -0.25) is 4.98 Å². The van der Waals surface area contributed by atoms with E-state index >= 15 is 0 Å². The molecule has 0 spiro atoms. The van der Waals surface area contributed by atoms with Crippen LogP contribution in [0.15, 0.2) is 12.4 Å². The van der Waals surface area contributed by atoms with Gasteiger partial charge in [-0.2, -0.15) is 0 Å². The highest BCUT2D eigenvalue weighted by molar-refractivity contribution is 7.18. The number of hydrogen-bond donors (Lipinski definition) is 1. The molecule has 3 heterocycles. The lowest BCUT2D eigenvalue weighted by Gasteiger charge is -2.29. The average molecular weight is 289 g/mol. The Morgan fingerprint density at radius 1 is 1.35 bits per heavy atom. The third-order valence-electron chi connectivity index (χ3n) is 3.74. The lowest BCUT2D eigenvalue weighted by atomic mass is 9.95. The number of rotatable bonds is 2. The van der Waals surface area contributed by atoms with E-state index < -0.39 is 0 Å². The van der Waals surface area contributed by atoms with Crippen molar-refractivity contribution < 1.29 is 0 Å². The van der Waals surface area contributed by atoms with Gasteiger partial charge in [-0.25, -0.2) is 9.97 Å². The summed E-state index contributed by atoms with van der Waals surface area (Å²) in [6.07, 6.45) is 6.11. The molecule has 1 unspecified atom stereocenters. The van der Waals surface area contributed by atoms with Gasteiger partial charge in [-0.05, 0) is 33.4 Å². The highest BCUT2D eigenvalue weighted by atomic mass is 32.1. The fraction of sp³-hybridized carbons (Fsp3) is 0.500. The zero-order valence-corrected chi connectivity index (χ0v) is 12.7. The van der Waals surface area contributed by atoms with Crippen molar-refractivity contribution in [1.82, 2.24) is 19.9 Å². The van der Waals surface area contributed by atoms with Crippen molar-refractivity contribution in [3.05, 3.63) is 23.8 Å². The molecule has 2 N–H and O–H groups in total. The van der Waals surface area contributed by atoms with Crippen LogP contribution in [-0.4, -0.2) is 40.0 Å². The minimum Gasteiger partial charge on any atom is -0.375 e. The van der Waals surface area contributed by atoms with Gasteiger partial charge < -0.3 is 10.6 Å². The Balaban J connectivity index is 1.91. The molecule has 1 aliphatic rings. The van der Waals surface area contributed by atoms with E-state index in [-0.39, 0.29) is 0 Å². The van der Waals surface area contributed by atoms with Crippen LogP contribution in [0.25, 0.3) is 10.6 Å². The van der Waals surface area contributed by atoms with Crippen molar-refractivity contribution in [2.24, 2.45) is 0 Å². The molecule has 5 nitrogen and oxygen atoms in total. The summed E-state index contributed by atoms with van der Waals surface area (Å²) in [6, 6.07) is 0. The zero-order chi connectivity index (χ0) is 14.1. The topological polar surface area (TPSA) is 67.9 Å². The molecule has 0 aliphatic carbocycles. The van der Waals surface area contributed by atoms with E-state index in [0.717, 1.165) is 28.5 Å². The highest BCUT2D eigenvalue weighted by Gasteiger charge is 2.21. The molecule has 1 fully saturated rings. The van der Waals surface area contributed by atoms with E-state index in [2.05, 4.69) is 21.9 Å².